The van der Waals surface area contributed by atoms with E-state index in [4.69, 9.17) is 0 Å². The maximum atomic E-state index is 10.7. The van der Waals surface area contributed by atoms with Crippen LogP contribution in [0.4, 0.5) is 0 Å². The van der Waals surface area contributed by atoms with Crippen molar-refractivity contribution in [3.8, 4) is 0 Å². The van der Waals surface area contributed by atoms with Gasteiger partial charge in [-0.25, -0.2) is 0 Å². The van der Waals surface area contributed by atoms with E-state index < -0.39 is 0 Å². The molecule has 0 saturated heterocycles. The Balaban J connectivity index is 4.09. The zero-order valence-electron chi connectivity index (χ0n) is 7.81. The lowest BCUT2D eigenvalue weighted by atomic mass is 9.82. The second-order valence-electron chi connectivity index (χ2n) is 3.66. The molecule has 0 aliphatic carbocycles. The molecule has 1 atom stereocenters. The van der Waals surface area contributed by atoms with Gasteiger partial charge in [-0.15, -0.1) is 6.58 Å². The molecule has 11 heavy (non-hydrogen) atoms. The van der Waals surface area contributed by atoms with Crippen molar-refractivity contribution in [2.45, 2.75) is 40.0 Å². The summed E-state index contributed by atoms with van der Waals surface area (Å²) >= 11 is 0. The third kappa shape index (κ3) is 3.97. The SMILES string of the molecule is C=C(C)CC(C)(C=O)CCC. The van der Waals surface area contributed by atoms with Crippen LogP contribution < -0.4 is 0 Å². The first-order valence-corrected chi connectivity index (χ1v) is 4.15. The summed E-state index contributed by atoms with van der Waals surface area (Å²) < 4.78 is 0. The van der Waals surface area contributed by atoms with Gasteiger partial charge in [0.25, 0.3) is 0 Å². The van der Waals surface area contributed by atoms with E-state index in [9.17, 15) is 4.79 Å². The second-order valence-corrected chi connectivity index (χ2v) is 3.66. The normalized spacial score (nSPS) is 15.5. The van der Waals surface area contributed by atoms with E-state index in [1.165, 1.54) is 0 Å². The van der Waals surface area contributed by atoms with E-state index in [0.717, 1.165) is 31.1 Å². The van der Waals surface area contributed by atoms with Crippen molar-refractivity contribution >= 4 is 6.29 Å². The summed E-state index contributed by atoms with van der Waals surface area (Å²) in [5.74, 6) is 0. The molecule has 64 valence electrons. The summed E-state index contributed by atoms with van der Waals surface area (Å²) in [4.78, 5) is 10.7. The topological polar surface area (TPSA) is 17.1 Å². The van der Waals surface area contributed by atoms with Crippen molar-refractivity contribution in [3.05, 3.63) is 12.2 Å². The standard InChI is InChI=1S/C10H18O/c1-5-6-10(4,8-11)7-9(2)3/h8H,2,5-7H2,1,3-4H3. The van der Waals surface area contributed by atoms with Crippen LogP contribution in [-0.2, 0) is 4.79 Å². The van der Waals surface area contributed by atoms with E-state index in [2.05, 4.69) is 13.5 Å². The summed E-state index contributed by atoms with van der Waals surface area (Å²) in [6.07, 6.45) is 3.90. The number of aldehydes is 1. The maximum absolute atomic E-state index is 10.7. The van der Waals surface area contributed by atoms with Crippen LogP contribution in [0.1, 0.15) is 40.0 Å². The van der Waals surface area contributed by atoms with Gasteiger partial charge in [-0.2, -0.15) is 0 Å². The minimum atomic E-state index is -0.166. The summed E-state index contributed by atoms with van der Waals surface area (Å²) in [6, 6.07) is 0. The maximum Gasteiger partial charge on any atom is 0.126 e. The van der Waals surface area contributed by atoms with Crippen LogP contribution in [0, 0.1) is 5.41 Å². The molecule has 0 aliphatic heterocycles. The smallest absolute Gasteiger partial charge is 0.126 e. The molecule has 0 saturated carbocycles. The molecule has 0 bridgehead atoms. The highest BCUT2D eigenvalue weighted by molar-refractivity contribution is 5.59. The molecular weight excluding hydrogens is 136 g/mol. The average Bonchev–Trinajstić information content (AvgIpc) is 1.87. The van der Waals surface area contributed by atoms with Crippen LogP contribution >= 0.6 is 0 Å². The van der Waals surface area contributed by atoms with Gasteiger partial charge in [0, 0.05) is 5.41 Å². The fraction of sp³-hybridized carbons (Fsp3) is 0.700. The zero-order chi connectivity index (χ0) is 8.91. The van der Waals surface area contributed by atoms with Gasteiger partial charge < -0.3 is 4.79 Å². The van der Waals surface area contributed by atoms with Crippen molar-refractivity contribution in [1.82, 2.24) is 0 Å². The molecule has 0 spiro atoms. The Kier molecular flexibility index (Phi) is 4.09. The van der Waals surface area contributed by atoms with Crippen molar-refractivity contribution in [1.29, 1.82) is 0 Å². The Morgan fingerprint density at radius 1 is 1.64 bits per heavy atom. The molecule has 0 amide bonds. The molecule has 0 rings (SSSR count). The molecule has 0 N–H and O–H groups in total. The predicted octanol–water partition coefficient (Wildman–Crippen LogP) is 2.96. The van der Waals surface area contributed by atoms with Crippen LogP contribution in [0.3, 0.4) is 0 Å². The highest BCUT2D eigenvalue weighted by Crippen LogP contribution is 2.27. The van der Waals surface area contributed by atoms with Gasteiger partial charge in [0.15, 0.2) is 0 Å². The third-order valence-corrected chi connectivity index (χ3v) is 1.81. The van der Waals surface area contributed by atoms with E-state index in [-0.39, 0.29) is 5.41 Å². The van der Waals surface area contributed by atoms with E-state index in [1.807, 2.05) is 13.8 Å². The van der Waals surface area contributed by atoms with Crippen LogP contribution in [-0.4, -0.2) is 6.29 Å². The molecule has 0 aliphatic rings. The van der Waals surface area contributed by atoms with Crippen LogP contribution in [0.2, 0.25) is 0 Å². The summed E-state index contributed by atoms with van der Waals surface area (Å²) in [5.41, 5.74) is 0.925. The lowest BCUT2D eigenvalue weighted by molar-refractivity contribution is -0.115. The van der Waals surface area contributed by atoms with Gasteiger partial charge in [0.2, 0.25) is 0 Å². The first-order chi connectivity index (χ1) is 5.04. The van der Waals surface area contributed by atoms with Crippen LogP contribution in [0.15, 0.2) is 12.2 Å². The molecule has 0 fully saturated rings. The fourth-order valence-electron chi connectivity index (χ4n) is 1.45. The third-order valence-electron chi connectivity index (χ3n) is 1.81. The Morgan fingerprint density at radius 2 is 2.18 bits per heavy atom. The molecule has 0 radical (unpaired) electrons. The molecule has 1 unspecified atom stereocenters. The van der Waals surface area contributed by atoms with Gasteiger partial charge in [-0.3, -0.25) is 0 Å². The van der Waals surface area contributed by atoms with Crippen molar-refractivity contribution in [2.24, 2.45) is 5.41 Å². The highest BCUT2D eigenvalue weighted by atomic mass is 16.1. The molecule has 0 aromatic heterocycles. The molecule has 0 aromatic carbocycles. The minimum Gasteiger partial charge on any atom is -0.303 e. The quantitative estimate of drug-likeness (QED) is 0.439. The molecule has 0 aromatic rings. The predicted molar refractivity (Wildman–Crippen MR) is 48.5 cm³/mol. The first kappa shape index (κ1) is 10.4. The van der Waals surface area contributed by atoms with Crippen molar-refractivity contribution in [2.75, 3.05) is 0 Å². The number of carbonyl (C=O) groups is 1. The lowest BCUT2D eigenvalue weighted by Crippen LogP contribution is -2.17. The first-order valence-electron chi connectivity index (χ1n) is 4.15. The number of rotatable bonds is 5. The van der Waals surface area contributed by atoms with Crippen molar-refractivity contribution in [3.63, 3.8) is 0 Å². The molecule has 0 heterocycles. The highest BCUT2D eigenvalue weighted by Gasteiger charge is 2.21. The lowest BCUT2D eigenvalue weighted by Gasteiger charge is -2.21. The Hall–Kier alpha value is -0.590. The van der Waals surface area contributed by atoms with E-state index in [1.54, 1.807) is 0 Å². The van der Waals surface area contributed by atoms with Gasteiger partial charge >= 0.3 is 0 Å². The van der Waals surface area contributed by atoms with Gasteiger partial charge in [0.1, 0.15) is 6.29 Å². The van der Waals surface area contributed by atoms with Gasteiger partial charge in [0.05, 0.1) is 0 Å². The van der Waals surface area contributed by atoms with Crippen LogP contribution in [0.5, 0.6) is 0 Å². The molecule has 1 heteroatoms. The Morgan fingerprint density at radius 3 is 2.45 bits per heavy atom. The molecule has 1 nitrogen and oxygen atoms in total. The average molecular weight is 154 g/mol. The largest absolute Gasteiger partial charge is 0.303 e. The monoisotopic (exact) mass is 154 g/mol. The second kappa shape index (κ2) is 4.32. The number of hydrogen-bond donors (Lipinski definition) is 0. The summed E-state index contributed by atoms with van der Waals surface area (Å²) in [5, 5.41) is 0. The Bertz CT molecular complexity index is 149. The summed E-state index contributed by atoms with van der Waals surface area (Å²) in [7, 11) is 0. The minimum absolute atomic E-state index is 0.166. The van der Waals surface area contributed by atoms with Crippen molar-refractivity contribution < 1.29 is 4.79 Å². The van der Waals surface area contributed by atoms with Crippen LogP contribution in [0.25, 0.3) is 0 Å². The van der Waals surface area contributed by atoms with Gasteiger partial charge in [-0.05, 0) is 19.8 Å². The number of allylic oxidation sites excluding steroid dienone is 1. The van der Waals surface area contributed by atoms with E-state index >= 15 is 0 Å². The van der Waals surface area contributed by atoms with Gasteiger partial charge in [-0.1, -0.05) is 25.8 Å². The zero-order valence-corrected chi connectivity index (χ0v) is 7.81. The fourth-order valence-corrected chi connectivity index (χ4v) is 1.45. The number of hydrogen-bond acceptors (Lipinski definition) is 1. The Labute approximate surface area is 69.5 Å². The summed E-state index contributed by atoms with van der Waals surface area (Å²) in [6.45, 7) is 9.88. The molecular formula is C10H18O. The number of carbonyl (C=O) groups excluding carboxylic acids is 1. The van der Waals surface area contributed by atoms with E-state index in [0.29, 0.717) is 0 Å².